The van der Waals surface area contributed by atoms with Gasteiger partial charge in [0.15, 0.2) is 0 Å². The Hall–Kier alpha value is -0.610. The van der Waals surface area contributed by atoms with Crippen molar-refractivity contribution >= 4 is 5.97 Å². The van der Waals surface area contributed by atoms with Gasteiger partial charge in [0, 0.05) is 6.54 Å². The molecular formula is C10H20N2O2. The second-order valence-corrected chi connectivity index (χ2v) is 3.73. The van der Waals surface area contributed by atoms with Gasteiger partial charge in [-0.25, -0.2) is 0 Å². The third-order valence-corrected chi connectivity index (χ3v) is 2.72. The zero-order chi connectivity index (χ0) is 10.4. The topological polar surface area (TPSA) is 41.6 Å². The monoisotopic (exact) mass is 200 g/mol. The maximum Gasteiger partial charge on any atom is 0.324 e. The Kier molecular flexibility index (Phi) is 4.90. The number of methoxy groups -OCH3 is 1. The molecule has 1 unspecified atom stereocenters. The minimum Gasteiger partial charge on any atom is -0.468 e. The number of likely N-dealkylation sites (tertiary alicyclic amines) is 1. The Bertz CT molecular complexity index is 179. The minimum atomic E-state index is -0.182. The van der Waals surface area contributed by atoms with E-state index in [1.54, 1.807) is 7.05 Å². The number of carbonyl (C=O) groups is 1. The summed E-state index contributed by atoms with van der Waals surface area (Å²) < 4.78 is 4.72. The molecule has 0 aromatic heterocycles. The Labute approximate surface area is 85.6 Å². The van der Waals surface area contributed by atoms with Crippen LogP contribution < -0.4 is 5.32 Å². The fourth-order valence-electron chi connectivity index (χ4n) is 1.83. The number of nitrogens with one attached hydrogen (secondary N) is 1. The van der Waals surface area contributed by atoms with Gasteiger partial charge in [-0.2, -0.15) is 0 Å². The molecule has 0 aromatic rings. The number of carbonyl (C=O) groups excluding carboxylic acids is 1. The van der Waals surface area contributed by atoms with Crippen LogP contribution >= 0.6 is 0 Å². The highest BCUT2D eigenvalue weighted by Gasteiger charge is 2.21. The predicted octanol–water partition coefficient (Wildman–Crippen LogP) is 0.233. The van der Waals surface area contributed by atoms with Gasteiger partial charge in [-0.15, -0.1) is 0 Å². The Balaban J connectivity index is 2.34. The van der Waals surface area contributed by atoms with Crippen LogP contribution in [0, 0.1) is 0 Å². The third-order valence-electron chi connectivity index (χ3n) is 2.72. The highest BCUT2D eigenvalue weighted by Crippen LogP contribution is 2.08. The minimum absolute atomic E-state index is 0.168. The molecule has 0 radical (unpaired) electrons. The van der Waals surface area contributed by atoms with E-state index in [0.717, 1.165) is 19.6 Å². The molecule has 14 heavy (non-hydrogen) atoms. The first-order chi connectivity index (χ1) is 6.77. The fourth-order valence-corrected chi connectivity index (χ4v) is 1.83. The van der Waals surface area contributed by atoms with Crippen molar-refractivity contribution in [1.82, 2.24) is 10.2 Å². The van der Waals surface area contributed by atoms with Crippen molar-refractivity contribution in [3.8, 4) is 0 Å². The summed E-state index contributed by atoms with van der Waals surface area (Å²) in [7, 11) is 3.23. The lowest BCUT2D eigenvalue weighted by atomic mass is 10.1. The number of hydrogen-bond donors (Lipinski definition) is 1. The average molecular weight is 200 g/mol. The molecule has 4 nitrogen and oxygen atoms in total. The van der Waals surface area contributed by atoms with Crippen molar-refractivity contribution in [2.75, 3.05) is 33.8 Å². The lowest BCUT2D eigenvalue weighted by molar-refractivity contribution is -0.143. The van der Waals surface area contributed by atoms with Gasteiger partial charge in [0.05, 0.1) is 7.11 Å². The first-order valence-corrected chi connectivity index (χ1v) is 5.25. The van der Waals surface area contributed by atoms with Crippen molar-refractivity contribution in [2.45, 2.75) is 25.3 Å². The second-order valence-electron chi connectivity index (χ2n) is 3.73. The molecule has 82 valence electrons. The standard InChI is InChI=1S/C10H20N2O2/c1-11-9(10(13)14-2)8-12-6-4-3-5-7-12/h9,11H,3-8H2,1-2H3. The number of nitrogens with zero attached hydrogens (tertiary/aromatic N) is 1. The number of likely N-dealkylation sites (N-methyl/N-ethyl adjacent to an activating group) is 1. The lowest BCUT2D eigenvalue weighted by Crippen LogP contribution is -2.46. The lowest BCUT2D eigenvalue weighted by Gasteiger charge is -2.29. The summed E-state index contributed by atoms with van der Waals surface area (Å²) in [4.78, 5) is 13.6. The summed E-state index contributed by atoms with van der Waals surface area (Å²) in [6, 6.07) is -0.182. The SMILES string of the molecule is CNC(CN1CCCCC1)C(=O)OC. The number of rotatable bonds is 4. The summed E-state index contributed by atoms with van der Waals surface area (Å²) in [5.74, 6) is -0.168. The van der Waals surface area contributed by atoms with E-state index in [4.69, 9.17) is 4.74 Å². The normalized spacial score (nSPS) is 20.4. The molecule has 0 aliphatic carbocycles. The van der Waals surface area contributed by atoms with Gasteiger partial charge in [0.1, 0.15) is 6.04 Å². The molecule has 1 rings (SSSR count). The summed E-state index contributed by atoms with van der Waals surface area (Å²) in [6.07, 6.45) is 3.81. The van der Waals surface area contributed by atoms with Crippen LogP contribution in [0.15, 0.2) is 0 Å². The molecular weight excluding hydrogens is 180 g/mol. The van der Waals surface area contributed by atoms with Crippen LogP contribution in [-0.4, -0.2) is 50.7 Å². The van der Waals surface area contributed by atoms with Crippen LogP contribution in [0.2, 0.25) is 0 Å². The molecule has 0 aromatic carbocycles. The van der Waals surface area contributed by atoms with E-state index in [1.807, 2.05) is 0 Å². The van der Waals surface area contributed by atoms with Crippen molar-refractivity contribution in [3.05, 3.63) is 0 Å². The number of ether oxygens (including phenoxy) is 1. The molecule has 1 atom stereocenters. The van der Waals surface area contributed by atoms with E-state index in [2.05, 4.69) is 10.2 Å². The molecule has 1 aliphatic rings. The number of piperidine rings is 1. The molecule has 1 N–H and O–H groups in total. The van der Waals surface area contributed by atoms with Crippen molar-refractivity contribution in [1.29, 1.82) is 0 Å². The Morgan fingerprint density at radius 2 is 2.07 bits per heavy atom. The van der Waals surface area contributed by atoms with Gasteiger partial charge in [0.2, 0.25) is 0 Å². The first-order valence-electron chi connectivity index (χ1n) is 5.25. The van der Waals surface area contributed by atoms with Crippen LogP contribution in [0.4, 0.5) is 0 Å². The van der Waals surface area contributed by atoms with Crippen molar-refractivity contribution < 1.29 is 9.53 Å². The summed E-state index contributed by atoms with van der Waals surface area (Å²) in [5, 5.41) is 2.98. The maximum absolute atomic E-state index is 11.3. The van der Waals surface area contributed by atoms with Crippen LogP contribution in [0.3, 0.4) is 0 Å². The van der Waals surface area contributed by atoms with Crippen molar-refractivity contribution in [3.63, 3.8) is 0 Å². The van der Waals surface area contributed by atoms with E-state index >= 15 is 0 Å². The molecule has 4 heteroatoms. The summed E-state index contributed by atoms with van der Waals surface area (Å²) in [5.41, 5.74) is 0. The molecule has 0 spiro atoms. The van der Waals surface area contributed by atoms with Gasteiger partial charge >= 0.3 is 5.97 Å². The van der Waals surface area contributed by atoms with Crippen molar-refractivity contribution in [2.24, 2.45) is 0 Å². The highest BCUT2D eigenvalue weighted by atomic mass is 16.5. The number of esters is 1. The molecule has 1 heterocycles. The molecule has 1 saturated heterocycles. The molecule has 0 bridgehead atoms. The van der Waals surface area contributed by atoms with Crippen LogP contribution in [0.5, 0.6) is 0 Å². The Morgan fingerprint density at radius 1 is 1.43 bits per heavy atom. The summed E-state index contributed by atoms with van der Waals surface area (Å²) >= 11 is 0. The van der Waals surface area contributed by atoms with E-state index in [9.17, 15) is 4.79 Å². The first kappa shape index (κ1) is 11.5. The molecule has 1 fully saturated rings. The zero-order valence-corrected chi connectivity index (χ0v) is 9.08. The zero-order valence-electron chi connectivity index (χ0n) is 9.08. The average Bonchev–Trinajstić information content (AvgIpc) is 2.26. The third kappa shape index (κ3) is 3.27. The summed E-state index contributed by atoms with van der Waals surface area (Å²) in [6.45, 7) is 2.98. The largest absolute Gasteiger partial charge is 0.468 e. The predicted molar refractivity (Wildman–Crippen MR) is 55.2 cm³/mol. The van der Waals surface area contributed by atoms with Gasteiger partial charge in [-0.05, 0) is 33.0 Å². The van der Waals surface area contributed by atoms with Crippen LogP contribution in [0.25, 0.3) is 0 Å². The molecule has 0 saturated carbocycles. The van der Waals surface area contributed by atoms with E-state index in [-0.39, 0.29) is 12.0 Å². The van der Waals surface area contributed by atoms with Gasteiger partial charge in [-0.3, -0.25) is 4.79 Å². The Morgan fingerprint density at radius 3 is 2.57 bits per heavy atom. The van der Waals surface area contributed by atoms with Gasteiger partial charge in [0.25, 0.3) is 0 Å². The van der Waals surface area contributed by atoms with Crippen LogP contribution in [-0.2, 0) is 9.53 Å². The molecule has 1 aliphatic heterocycles. The highest BCUT2D eigenvalue weighted by molar-refractivity contribution is 5.75. The van der Waals surface area contributed by atoms with E-state index < -0.39 is 0 Å². The quantitative estimate of drug-likeness (QED) is 0.660. The van der Waals surface area contributed by atoms with E-state index in [1.165, 1.54) is 26.4 Å². The second kappa shape index (κ2) is 5.98. The smallest absolute Gasteiger partial charge is 0.324 e. The molecule has 0 amide bonds. The van der Waals surface area contributed by atoms with Gasteiger partial charge < -0.3 is 15.0 Å². The fraction of sp³-hybridized carbons (Fsp3) is 0.900. The maximum atomic E-state index is 11.3. The van der Waals surface area contributed by atoms with Crippen LogP contribution in [0.1, 0.15) is 19.3 Å². The number of hydrogen-bond acceptors (Lipinski definition) is 4. The van der Waals surface area contributed by atoms with E-state index in [0.29, 0.717) is 0 Å². The van der Waals surface area contributed by atoms with Gasteiger partial charge in [-0.1, -0.05) is 6.42 Å².